The highest BCUT2D eigenvalue weighted by atomic mass is 32.2. The number of hydrogen-bond acceptors (Lipinski definition) is 3. The van der Waals surface area contributed by atoms with Crippen LogP contribution in [0.15, 0.2) is 53.4 Å². The van der Waals surface area contributed by atoms with Gasteiger partial charge in [-0.25, -0.2) is 21.6 Å². The molecule has 0 amide bonds. The van der Waals surface area contributed by atoms with Crippen LogP contribution in [0.1, 0.15) is 16.1 Å². The molecule has 3 rings (SSSR count). The van der Waals surface area contributed by atoms with Crippen LogP contribution in [0.5, 0.6) is 0 Å². The Morgan fingerprint density at radius 1 is 1.09 bits per heavy atom. The van der Waals surface area contributed by atoms with Gasteiger partial charge in [-0.2, -0.15) is 0 Å². The summed E-state index contributed by atoms with van der Waals surface area (Å²) in [5.74, 6) is -2.05. The molecule has 0 aliphatic heterocycles. The van der Waals surface area contributed by atoms with Crippen molar-refractivity contribution in [1.29, 1.82) is 0 Å². The molecule has 1 heterocycles. The third-order valence-electron chi connectivity index (χ3n) is 3.50. The highest BCUT2D eigenvalue weighted by molar-refractivity contribution is 7.90. The summed E-state index contributed by atoms with van der Waals surface area (Å²) >= 11 is 0. The molecule has 0 saturated carbocycles. The average molecular weight is 333 g/mol. The van der Waals surface area contributed by atoms with Crippen molar-refractivity contribution in [2.45, 2.75) is 11.8 Å². The monoisotopic (exact) mass is 333 g/mol. The van der Waals surface area contributed by atoms with E-state index in [-0.39, 0.29) is 10.4 Å². The van der Waals surface area contributed by atoms with Crippen molar-refractivity contribution in [2.75, 3.05) is 0 Å². The fourth-order valence-corrected chi connectivity index (χ4v) is 3.87. The number of aromatic nitrogens is 1. The number of benzene rings is 2. The Bertz CT molecular complexity index is 1020. The lowest BCUT2D eigenvalue weighted by Gasteiger charge is -2.10. The number of carbonyl (C=O) groups is 1. The molecule has 2 aromatic carbocycles. The maximum Gasteiger partial charge on any atom is 0.353 e. The highest BCUT2D eigenvalue weighted by Crippen LogP contribution is 2.26. The van der Waals surface area contributed by atoms with Crippen molar-refractivity contribution in [3.63, 3.8) is 0 Å². The van der Waals surface area contributed by atoms with E-state index in [1.54, 1.807) is 19.1 Å². The van der Waals surface area contributed by atoms with Crippen LogP contribution < -0.4 is 0 Å². The SMILES string of the molecule is Cc1ccc(S(=O)(=O)n2c(C(=O)O)cc3ccc(F)cc32)cc1. The molecule has 5 nitrogen and oxygen atoms in total. The molecule has 0 unspecified atom stereocenters. The zero-order valence-electron chi connectivity index (χ0n) is 12.0. The molecule has 0 aliphatic rings. The van der Waals surface area contributed by atoms with Crippen molar-refractivity contribution >= 4 is 26.9 Å². The lowest BCUT2D eigenvalue weighted by molar-refractivity contribution is 0.0689. The Morgan fingerprint density at radius 3 is 2.35 bits per heavy atom. The summed E-state index contributed by atoms with van der Waals surface area (Å²) < 4.78 is 39.8. The minimum absolute atomic E-state index is 0.0111. The third kappa shape index (κ3) is 2.49. The molecule has 1 aromatic heterocycles. The summed E-state index contributed by atoms with van der Waals surface area (Å²) in [6, 6.07) is 10.7. The van der Waals surface area contributed by atoms with Crippen molar-refractivity contribution in [2.24, 2.45) is 0 Å². The van der Waals surface area contributed by atoms with Gasteiger partial charge in [0.2, 0.25) is 0 Å². The zero-order valence-corrected chi connectivity index (χ0v) is 12.8. The second-order valence-electron chi connectivity index (χ2n) is 5.12. The molecule has 23 heavy (non-hydrogen) atoms. The van der Waals surface area contributed by atoms with Gasteiger partial charge in [-0.15, -0.1) is 0 Å². The summed E-state index contributed by atoms with van der Waals surface area (Å²) in [7, 11) is -4.16. The topological polar surface area (TPSA) is 76.4 Å². The molecule has 0 saturated heterocycles. The van der Waals surface area contributed by atoms with Gasteiger partial charge in [-0.1, -0.05) is 17.7 Å². The average Bonchev–Trinajstić information content (AvgIpc) is 2.87. The number of aryl methyl sites for hydroxylation is 1. The number of fused-ring (bicyclic) bond motifs is 1. The minimum Gasteiger partial charge on any atom is -0.477 e. The molecule has 118 valence electrons. The van der Waals surface area contributed by atoms with Gasteiger partial charge in [0.25, 0.3) is 10.0 Å². The van der Waals surface area contributed by atoms with Gasteiger partial charge in [0, 0.05) is 5.39 Å². The Kier molecular flexibility index (Phi) is 3.45. The smallest absolute Gasteiger partial charge is 0.353 e. The van der Waals surface area contributed by atoms with E-state index in [1.807, 2.05) is 0 Å². The first-order chi connectivity index (χ1) is 10.8. The minimum atomic E-state index is -4.16. The predicted molar refractivity (Wildman–Crippen MR) is 82.6 cm³/mol. The normalized spacial score (nSPS) is 11.7. The van der Waals surface area contributed by atoms with Gasteiger partial charge in [0.05, 0.1) is 10.4 Å². The molecule has 0 bridgehead atoms. The zero-order chi connectivity index (χ0) is 16.8. The number of hydrogen-bond donors (Lipinski definition) is 1. The Morgan fingerprint density at radius 2 is 1.74 bits per heavy atom. The van der Waals surface area contributed by atoms with Gasteiger partial charge in [0.1, 0.15) is 11.5 Å². The number of nitrogens with zero attached hydrogens (tertiary/aromatic N) is 1. The number of aromatic carboxylic acids is 1. The molecule has 0 atom stereocenters. The van der Waals surface area contributed by atoms with Crippen LogP contribution in [0.2, 0.25) is 0 Å². The molecular weight excluding hydrogens is 321 g/mol. The van der Waals surface area contributed by atoms with E-state index in [4.69, 9.17) is 0 Å². The highest BCUT2D eigenvalue weighted by Gasteiger charge is 2.26. The predicted octanol–water partition coefficient (Wildman–Crippen LogP) is 3.02. The summed E-state index contributed by atoms with van der Waals surface area (Å²) in [5.41, 5.74) is 0.417. The van der Waals surface area contributed by atoms with Gasteiger partial charge in [0.15, 0.2) is 0 Å². The third-order valence-corrected chi connectivity index (χ3v) is 5.24. The molecule has 0 radical (unpaired) electrons. The first-order valence-corrected chi connectivity index (χ1v) is 8.11. The first kappa shape index (κ1) is 15.2. The number of carboxylic acid groups (broad SMARTS) is 1. The van der Waals surface area contributed by atoms with Gasteiger partial charge >= 0.3 is 5.97 Å². The van der Waals surface area contributed by atoms with Crippen molar-refractivity contribution in [3.05, 3.63) is 65.6 Å². The standard InChI is InChI=1S/C16H12FNO4S/c1-10-2-6-13(7-3-10)23(21,22)18-14-9-12(17)5-4-11(14)8-15(18)16(19)20/h2-9H,1H3,(H,19,20). The maximum absolute atomic E-state index is 13.5. The van der Waals surface area contributed by atoms with Gasteiger partial charge < -0.3 is 5.11 Å². The largest absolute Gasteiger partial charge is 0.477 e. The van der Waals surface area contributed by atoms with E-state index in [0.29, 0.717) is 9.36 Å². The van der Waals surface area contributed by atoms with Crippen LogP contribution in [0.4, 0.5) is 4.39 Å². The Hall–Kier alpha value is -2.67. The van der Waals surface area contributed by atoms with Crippen LogP contribution in [-0.2, 0) is 10.0 Å². The lowest BCUT2D eigenvalue weighted by Crippen LogP contribution is -2.18. The van der Waals surface area contributed by atoms with Crippen LogP contribution in [0, 0.1) is 12.7 Å². The van der Waals surface area contributed by atoms with Crippen LogP contribution in [-0.4, -0.2) is 23.5 Å². The number of halogens is 1. The summed E-state index contributed by atoms with van der Waals surface area (Å²) in [6.07, 6.45) is 0. The van der Waals surface area contributed by atoms with Crippen molar-refractivity contribution in [3.8, 4) is 0 Å². The lowest BCUT2D eigenvalue weighted by atomic mass is 10.2. The molecule has 0 aliphatic carbocycles. The maximum atomic E-state index is 13.5. The Balaban J connectivity index is 2.37. The van der Waals surface area contributed by atoms with E-state index in [0.717, 1.165) is 17.7 Å². The summed E-state index contributed by atoms with van der Waals surface area (Å²) in [4.78, 5) is 11.4. The molecule has 7 heteroatoms. The fraction of sp³-hybridized carbons (Fsp3) is 0.0625. The van der Waals surface area contributed by atoms with Crippen molar-refractivity contribution in [1.82, 2.24) is 3.97 Å². The van der Waals surface area contributed by atoms with Crippen LogP contribution in [0.3, 0.4) is 0 Å². The molecule has 3 aromatic rings. The Labute approximate surface area is 131 Å². The van der Waals surface area contributed by atoms with Crippen LogP contribution >= 0.6 is 0 Å². The van der Waals surface area contributed by atoms with E-state index in [9.17, 15) is 22.7 Å². The molecular formula is C16H12FNO4S. The van der Waals surface area contributed by atoms with E-state index < -0.39 is 27.5 Å². The summed E-state index contributed by atoms with van der Waals surface area (Å²) in [5, 5.41) is 9.64. The number of rotatable bonds is 3. The number of carboxylic acids is 1. The second-order valence-corrected chi connectivity index (χ2v) is 6.91. The fourth-order valence-electron chi connectivity index (χ4n) is 2.37. The van der Waals surface area contributed by atoms with E-state index in [1.165, 1.54) is 24.3 Å². The molecule has 0 spiro atoms. The van der Waals surface area contributed by atoms with Gasteiger partial charge in [-0.3, -0.25) is 0 Å². The first-order valence-electron chi connectivity index (χ1n) is 6.67. The van der Waals surface area contributed by atoms with Crippen LogP contribution in [0.25, 0.3) is 10.9 Å². The molecule has 0 fully saturated rings. The second kappa shape index (κ2) is 5.20. The van der Waals surface area contributed by atoms with Gasteiger partial charge in [-0.05, 0) is 43.3 Å². The quantitative estimate of drug-likeness (QED) is 0.799. The van der Waals surface area contributed by atoms with Crippen molar-refractivity contribution < 1.29 is 22.7 Å². The van der Waals surface area contributed by atoms with E-state index >= 15 is 0 Å². The van der Waals surface area contributed by atoms with E-state index in [2.05, 4.69) is 0 Å². The molecule has 1 N–H and O–H groups in total. The summed E-state index contributed by atoms with van der Waals surface area (Å²) in [6.45, 7) is 1.81.